The average molecular weight is 163 g/mol. The highest BCUT2D eigenvalue weighted by atomic mass is 35.5. The molecule has 0 amide bonds. The van der Waals surface area contributed by atoms with Gasteiger partial charge in [-0.3, -0.25) is 9.59 Å². The first-order valence-corrected chi connectivity index (χ1v) is 3.36. The quantitative estimate of drug-likeness (QED) is 0.337. The SMILES string of the molecule is CC(=O)C(Cl)C(=O)C1CO1. The Balaban J connectivity index is 2.46. The van der Waals surface area contributed by atoms with Crippen LogP contribution in [-0.4, -0.2) is 29.7 Å². The molecule has 0 bridgehead atoms. The van der Waals surface area contributed by atoms with Gasteiger partial charge in [0.2, 0.25) is 0 Å². The number of ether oxygens (including phenoxy) is 1. The minimum absolute atomic E-state index is 0.311. The summed E-state index contributed by atoms with van der Waals surface area (Å²) in [7, 11) is 0. The van der Waals surface area contributed by atoms with Crippen LogP contribution in [-0.2, 0) is 14.3 Å². The molecule has 1 rings (SSSR count). The third kappa shape index (κ3) is 1.55. The molecule has 1 heterocycles. The fourth-order valence-corrected chi connectivity index (χ4v) is 0.716. The van der Waals surface area contributed by atoms with Gasteiger partial charge in [-0.1, -0.05) is 0 Å². The van der Waals surface area contributed by atoms with Crippen LogP contribution in [0.1, 0.15) is 6.92 Å². The molecule has 0 spiro atoms. The van der Waals surface area contributed by atoms with Crippen molar-refractivity contribution in [1.82, 2.24) is 0 Å². The lowest BCUT2D eigenvalue weighted by Gasteiger charge is -1.98. The highest BCUT2D eigenvalue weighted by Crippen LogP contribution is 2.15. The van der Waals surface area contributed by atoms with E-state index in [-0.39, 0.29) is 11.6 Å². The highest BCUT2D eigenvalue weighted by Gasteiger charge is 2.37. The Morgan fingerprint density at radius 1 is 1.70 bits per heavy atom. The molecule has 0 aliphatic carbocycles. The Morgan fingerprint density at radius 3 is 2.50 bits per heavy atom. The normalized spacial score (nSPS) is 25.6. The molecule has 3 nitrogen and oxygen atoms in total. The Bertz CT molecular complexity index is 174. The molecule has 0 aromatic heterocycles. The maximum absolute atomic E-state index is 10.9. The van der Waals surface area contributed by atoms with E-state index in [2.05, 4.69) is 4.74 Å². The largest absolute Gasteiger partial charge is 0.365 e. The monoisotopic (exact) mass is 162 g/mol. The fourth-order valence-electron chi connectivity index (χ4n) is 0.576. The number of Topliss-reactive ketones (excluding diaryl/α,β-unsaturated/α-hetero) is 2. The van der Waals surface area contributed by atoms with Crippen LogP contribution < -0.4 is 0 Å². The van der Waals surface area contributed by atoms with Gasteiger partial charge in [0.05, 0.1) is 6.61 Å². The smallest absolute Gasteiger partial charge is 0.189 e. The molecular formula is C6H7ClO3. The second-order valence-electron chi connectivity index (χ2n) is 2.20. The van der Waals surface area contributed by atoms with Crippen molar-refractivity contribution in [3.05, 3.63) is 0 Å². The standard InChI is InChI=1S/C6H7ClO3/c1-3(8)5(7)6(9)4-2-10-4/h4-5H,2H2,1H3. The molecule has 1 aliphatic heterocycles. The van der Waals surface area contributed by atoms with Gasteiger partial charge >= 0.3 is 0 Å². The molecule has 10 heavy (non-hydrogen) atoms. The minimum Gasteiger partial charge on any atom is -0.365 e. The first kappa shape index (κ1) is 7.69. The average Bonchev–Trinajstić information content (AvgIpc) is 2.65. The van der Waals surface area contributed by atoms with Crippen molar-refractivity contribution in [2.75, 3.05) is 6.61 Å². The third-order valence-electron chi connectivity index (χ3n) is 1.26. The maximum atomic E-state index is 10.9. The van der Waals surface area contributed by atoms with Crippen LogP contribution in [0.2, 0.25) is 0 Å². The Kier molecular flexibility index (Phi) is 2.06. The predicted octanol–water partition coefficient (Wildman–Crippen LogP) is 0.151. The lowest BCUT2D eigenvalue weighted by atomic mass is 10.2. The van der Waals surface area contributed by atoms with Crippen LogP contribution in [0.4, 0.5) is 0 Å². The molecule has 0 aromatic carbocycles. The molecule has 56 valence electrons. The molecule has 1 aliphatic rings. The van der Waals surface area contributed by atoms with Gasteiger partial charge in [0.25, 0.3) is 0 Å². The predicted molar refractivity (Wildman–Crippen MR) is 35.1 cm³/mol. The van der Waals surface area contributed by atoms with Gasteiger partial charge in [-0.2, -0.15) is 0 Å². The Morgan fingerprint density at radius 2 is 2.20 bits per heavy atom. The molecule has 0 radical (unpaired) electrons. The third-order valence-corrected chi connectivity index (χ3v) is 1.78. The zero-order chi connectivity index (χ0) is 7.72. The topological polar surface area (TPSA) is 46.7 Å². The number of rotatable bonds is 3. The second-order valence-corrected chi connectivity index (χ2v) is 2.63. The van der Waals surface area contributed by atoms with Crippen LogP contribution in [0.25, 0.3) is 0 Å². The number of hydrogen-bond donors (Lipinski definition) is 0. The van der Waals surface area contributed by atoms with E-state index >= 15 is 0 Å². The van der Waals surface area contributed by atoms with E-state index in [9.17, 15) is 9.59 Å². The molecule has 0 saturated carbocycles. The molecule has 4 heteroatoms. The first-order chi connectivity index (χ1) is 4.63. The van der Waals surface area contributed by atoms with Crippen molar-refractivity contribution in [1.29, 1.82) is 0 Å². The Labute approximate surface area is 63.3 Å². The minimum atomic E-state index is -1.01. The highest BCUT2D eigenvalue weighted by molar-refractivity contribution is 6.42. The van der Waals surface area contributed by atoms with E-state index in [0.29, 0.717) is 6.61 Å². The van der Waals surface area contributed by atoms with Crippen LogP contribution in [0, 0.1) is 0 Å². The van der Waals surface area contributed by atoms with Crippen molar-refractivity contribution in [2.24, 2.45) is 0 Å². The summed E-state index contributed by atoms with van der Waals surface area (Å²) in [5.41, 5.74) is 0. The summed E-state index contributed by atoms with van der Waals surface area (Å²) < 4.78 is 4.66. The number of halogens is 1. The summed E-state index contributed by atoms with van der Waals surface area (Å²) in [5, 5.41) is -1.01. The van der Waals surface area contributed by atoms with Crippen molar-refractivity contribution < 1.29 is 14.3 Å². The van der Waals surface area contributed by atoms with Gasteiger partial charge in [-0.15, -0.1) is 11.6 Å². The van der Waals surface area contributed by atoms with E-state index < -0.39 is 11.5 Å². The summed E-state index contributed by atoms with van der Waals surface area (Å²) >= 11 is 5.42. The molecule has 1 saturated heterocycles. The summed E-state index contributed by atoms with van der Waals surface area (Å²) in [5.74, 6) is -0.628. The van der Waals surface area contributed by atoms with E-state index in [1.165, 1.54) is 6.92 Å². The lowest BCUT2D eigenvalue weighted by Crippen LogP contribution is -2.26. The van der Waals surface area contributed by atoms with Crippen LogP contribution >= 0.6 is 11.6 Å². The number of alkyl halides is 1. The van der Waals surface area contributed by atoms with Crippen molar-refractivity contribution in [2.45, 2.75) is 18.4 Å². The van der Waals surface area contributed by atoms with Gasteiger partial charge in [-0.25, -0.2) is 0 Å². The van der Waals surface area contributed by atoms with Crippen molar-refractivity contribution in [3.8, 4) is 0 Å². The maximum Gasteiger partial charge on any atom is 0.189 e. The summed E-state index contributed by atoms with van der Waals surface area (Å²) in [6, 6.07) is 0. The number of ketones is 2. The van der Waals surface area contributed by atoms with Gasteiger partial charge in [0.15, 0.2) is 16.9 Å². The van der Waals surface area contributed by atoms with E-state index in [1.54, 1.807) is 0 Å². The van der Waals surface area contributed by atoms with Gasteiger partial charge < -0.3 is 4.74 Å². The second kappa shape index (κ2) is 2.68. The number of hydrogen-bond acceptors (Lipinski definition) is 3. The molecule has 2 unspecified atom stereocenters. The lowest BCUT2D eigenvalue weighted by molar-refractivity contribution is -0.126. The Hall–Kier alpha value is -0.410. The van der Waals surface area contributed by atoms with Crippen LogP contribution in [0.3, 0.4) is 0 Å². The number of carbonyl (C=O) groups excluding carboxylic acids is 2. The van der Waals surface area contributed by atoms with Crippen LogP contribution in [0.15, 0.2) is 0 Å². The van der Waals surface area contributed by atoms with Gasteiger partial charge in [0, 0.05) is 0 Å². The zero-order valence-electron chi connectivity index (χ0n) is 5.46. The molecule has 1 fully saturated rings. The zero-order valence-corrected chi connectivity index (χ0v) is 6.22. The fraction of sp³-hybridized carbons (Fsp3) is 0.667. The summed E-state index contributed by atoms with van der Waals surface area (Å²) in [6.45, 7) is 1.70. The van der Waals surface area contributed by atoms with E-state index in [1.807, 2.05) is 0 Å². The molecule has 2 atom stereocenters. The van der Waals surface area contributed by atoms with E-state index in [4.69, 9.17) is 11.6 Å². The molecular weight excluding hydrogens is 156 g/mol. The number of carbonyl (C=O) groups is 2. The molecule has 0 N–H and O–H groups in total. The molecule has 0 aromatic rings. The summed E-state index contributed by atoms with van der Waals surface area (Å²) in [4.78, 5) is 21.4. The van der Waals surface area contributed by atoms with Crippen LogP contribution in [0.5, 0.6) is 0 Å². The first-order valence-electron chi connectivity index (χ1n) is 2.93. The summed E-state index contributed by atoms with van der Waals surface area (Å²) in [6.07, 6.45) is -0.411. The van der Waals surface area contributed by atoms with Gasteiger partial charge in [0.1, 0.15) is 6.10 Å². The van der Waals surface area contributed by atoms with Gasteiger partial charge in [-0.05, 0) is 6.92 Å². The van der Waals surface area contributed by atoms with E-state index in [0.717, 1.165) is 0 Å². The van der Waals surface area contributed by atoms with Crippen molar-refractivity contribution >= 4 is 23.2 Å². The number of epoxide rings is 1. The van der Waals surface area contributed by atoms with Crippen molar-refractivity contribution in [3.63, 3.8) is 0 Å².